The molecule has 0 saturated carbocycles. The summed E-state index contributed by atoms with van der Waals surface area (Å²) in [5.41, 5.74) is 1.71. The summed E-state index contributed by atoms with van der Waals surface area (Å²) in [4.78, 5) is 30.3. The molecule has 0 unspecified atom stereocenters. The number of carboxylic acids is 1. The summed E-state index contributed by atoms with van der Waals surface area (Å²) in [6.45, 7) is 4.12. The molecule has 3 aromatic rings. The third-order valence-corrected chi connectivity index (χ3v) is 5.05. The van der Waals surface area contributed by atoms with Crippen molar-refractivity contribution in [2.45, 2.75) is 33.2 Å². The summed E-state index contributed by atoms with van der Waals surface area (Å²) in [6, 6.07) is 9.61. The Morgan fingerprint density at radius 3 is 2.79 bits per heavy atom. The molecule has 0 aliphatic carbocycles. The minimum atomic E-state index is -0.934. The van der Waals surface area contributed by atoms with Crippen molar-refractivity contribution in [1.29, 1.82) is 0 Å². The van der Waals surface area contributed by atoms with Crippen LogP contribution in [-0.2, 0) is 17.8 Å². The Bertz CT molecular complexity index is 972. The Labute approximate surface area is 143 Å². The number of benzene rings is 1. The van der Waals surface area contributed by atoms with E-state index in [1.165, 1.54) is 15.9 Å². The van der Waals surface area contributed by atoms with Crippen LogP contribution >= 0.6 is 11.3 Å². The van der Waals surface area contributed by atoms with E-state index in [9.17, 15) is 9.59 Å². The zero-order valence-electron chi connectivity index (χ0n) is 13.6. The molecular formula is C18H18N2O3S. The summed E-state index contributed by atoms with van der Waals surface area (Å²) in [5, 5.41) is 9.56. The van der Waals surface area contributed by atoms with E-state index in [-0.39, 0.29) is 18.5 Å². The normalized spacial score (nSPS) is 11.1. The van der Waals surface area contributed by atoms with Crippen molar-refractivity contribution in [1.82, 2.24) is 9.55 Å². The Morgan fingerprint density at radius 2 is 2.12 bits per heavy atom. The number of aromatic nitrogens is 2. The highest BCUT2D eigenvalue weighted by molar-refractivity contribution is 7.18. The molecule has 0 amide bonds. The molecule has 0 atom stereocenters. The van der Waals surface area contributed by atoms with Gasteiger partial charge >= 0.3 is 5.97 Å². The Kier molecular flexibility index (Phi) is 4.49. The Balaban J connectivity index is 2.26. The average Bonchev–Trinajstić information content (AvgIpc) is 2.97. The number of nitrogens with zero attached hydrogens (tertiary/aromatic N) is 2. The van der Waals surface area contributed by atoms with Crippen LogP contribution in [0.2, 0.25) is 0 Å². The maximum atomic E-state index is 12.9. The van der Waals surface area contributed by atoms with Crippen molar-refractivity contribution in [3.63, 3.8) is 0 Å². The first-order valence-corrected chi connectivity index (χ1v) is 8.63. The molecule has 0 spiro atoms. The van der Waals surface area contributed by atoms with Gasteiger partial charge in [-0.2, -0.15) is 0 Å². The van der Waals surface area contributed by atoms with Crippen molar-refractivity contribution in [2.75, 3.05) is 0 Å². The number of thiophene rings is 1. The van der Waals surface area contributed by atoms with Crippen LogP contribution in [0.3, 0.4) is 0 Å². The van der Waals surface area contributed by atoms with E-state index in [2.05, 4.69) is 4.98 Å². The van der Waals surface area contributed by atoms with E-state index < -0.39 is 5.97 Å². The number of aryl methyl sites for hydroxylation is 2. The Hall–Kier alpha value is -2.47. The van der Waals surface area contributed by atoms with Crippen LogP contribution in [0.15, 0.2) is 35.1 Å². The molecule has 24 heavy (non-hydrogen) atoms. The molecule has 5 nitrogen and oxygen atoms in total. The first-order chi connectivity index (χ1) is 11.5. The molecule has 0 radical (unpaired) electrons. The minimum absolute atomic E-state index is 0.109. The number of hydrogen-bond donors (Lipinski definition) is 1. The van der Waals surface area contributed by atoms with Gasteiger partial charge in [-0.3, -0.25) is 14.2 Å². The zero-order valence-corrected chi connectivity index (χ0v) is 14.4. The molecular weight excluding hydrogens is 324 g/mol. The second-order valence-corrected chi connectivity index (χ2v) is 6.81. The summed E-state index contributed by atoms with van der Waals surface area (Å²) in [6.07, 6.45) is 0.728. The van der Waals surface area contributed by atoms with Gasteiger partial charge in [-0.15, -0.1) is 11.3 Å². The van der Waals surface area contributed by atoms with E-state index in [1.54, 1.807) is 0 Å². The summed E-state index contributed by atoms with van der Waals surface area (Å²) >= 11 is 1.52. The van der Waals surface area contributed by atoms with E-state index in [1.807, 2.05) is 44.2 Å². The van der Waals surface area contributed by atoms with Crippen LogP contribution in [0.25, 0.3) is 21.6 Å². The van der Waals surface area contributed by atoms with Crippen molar-refractivity contribution < 1.29 is 9.90 Å². The lowest BCUT2D eigenvalue weighted by molar-refractivity contribution is -0.137. The van der Waals surface area contributed by atoms with E-state index in [0.717, 1.165) is 22.4 Å². The molecule has 0 fully saturated rings. The van der Waals surface area contributed by atoms with Crippen LogP contribution in [0.1, 0.15) is 23.8 Å². The molecule has 0 aliphatic rings. The van der Waals surface area contributed by atoms with Crippen LogP contribution in [0.5, 0.6) is 0 Å². The largest absolute Gasteiger partial charge is 0.481 e. The number of rotatable bonds is 5. The van der Waals surface area contributed by atoms with Crippen molar-refractivity contribution in [2.24, 2.45) is 0 Å². The number of fused-ring (bicyclic) bond motifs is 1. The first-order valence-electron chi connectivity index (χ1n) is 7.81. The van der Waals surface area contributed by atoms with Gasteiger partial charge in [0.25, 0.3) is 5.56 Å². The zero-order chi connectivity index (χ0) is 17.3. The fourth-order valence-corrected chi connectivity index (χ4v) is 3.62. The van der Waals surface area contributed by atoms with Gasteiger partial charge in [0.15, 0.2) is 0 Å². The van der Waals surface area contributed by atoms with Gasteiger partial charge in [-0.1, -0.05) is 30.7 Å². The second kappa shape index (κ2) is 6.57. The van der Waals surface area contributed by atoms with Crippen LogP contribution in [0.4, 0.5) is 0 Å². The average molecular weight is 342 g/mol. The second-order valence-electron chi connectivity index (χ2n) is 5.69. The maximum Gasteiger partial charge on any atom is 0.305 e. The first kappa shape index (κ1) is 16.4. The Morgan fingerprint density at radius 1 is 1.33 bits per heavy atom. The third kappa shape index (κ3) is 3.10. The molecule has 0 saturated heterocycles. The molecule has 124 valence electrons. The van der Waals surface area contributed by atoms with Crippen molar-refractivity contribution in [3.8, 4) is 11.4 Å². The molecule has 3 rings (SSSR count). The summed E-state index contributed by atoms with van der Waals surface area (Å²) in [5.74, 6) is -0.404. The fourth-order valence-electron chi connectivity index (χ4n) is 2.66. The van der Waals surface area contributed by atoms with Gasteiger partial charge in [0.05, 0.1) is 11.8 Å². The van der Waals surface area contributed by atoms with E-state index >= 15 is 0 Å². The van der Waals surface area contributed by atoms with Crippen molar-refractivity contribution in [3.05, 3.63) is 51.1 Å². The smallest absolute Gasteiger partial charge is 0.305 e. The van der Waals surface area contributed by atoms with Gasteiger partial charge in [0.2, 0.25) is 0 Å². The predicted octanol–water partition coefficient (Wildman–Crippen LogP) is 3.47. The van der Waals surface area contributed by atoms with Gasteiger partial charge in [-0.05, 0) is 25.5 Å². The molecule has 1 N–H and O–H groups in total. The highest BCUT2D eigenvalue weighted by Gasteiger charge is 2.16. The number of carbonyl (C=O) groups is 1. The lowest BCUT2D eigenvalue weighted by atomic mass is 10.1. The standard InChI is InChI=1S/C18H18N2O3S/c1-3-13-10-14-17(24-13)19-16(12-6-4-5-11(2)9-12)20(18(14)23)8-7-15(21)22/h4-6,9-10H,3,7-8H2,1-2H3,(H,21,22). The molecule has 1 aromatic carbocycles. The topological polar surface area (TPSA) is 72.2 Å². The summed E-state index contributed by atoms with van der Waals surface area (Å²) < 4.78 is 1.48. The van der Waals surface area contributed by atoms with Crippen LogP contribution < -0.4 is 5.56 Å². The minimum Gasteiger partial charge on any atom is -0.481 e. The molecule has 6 heteroatoms. The van der Waals surface area contributed by atoms with E-state index in [0.29, 0.717) is 16.0 Å². The molecule has 0 aliphatic heterocycles. The highest BCUT2D eigenvalue weighted by Crippen LogP contribution is 2.26. The highest BCUT2D eigenvalue weighted by atomic mass is 32.1. The van der Waals surface area contributed by atoms with Gasteiger partial charge in [0, 0.05) is 17.0 Å². The van der Waals surface area contributed by atoms with Gasteiger partial charge in [-0.25, -0.2) is 4.98 Å². The van der Waals surface area contributed by atoms with Gasteiger partial charge < -0.3 is 5.11 Å². The lowest BCUT2D eigenvalue weighted by Crippen LogP contribution is -2.24. The quantitative estimate of drug-likeness (QED) is 0.770. The number of carboxylic acid groups (broad SMARTS) is 1. The maximum absolute atomic E-state index is 12.9. The summed E-state index contributed by atoms with van der Waals surface area (Å²) in [7, 11) is 0. The number of aliphatic carboxylic acids is 1. The predicted molar refractivity (Wildman–Crippen MR) is 95.7 cm³/mol. The van der Waals surface area contributed by atoms with Crippen molar-refractivity contribution >= 4 is 27.5 Å². The van der Waals surface area contributed by atoms with Gasteiger partial charge in [0.1, 0.15) is 10.7 Å². The monoisotopic (exact) mass is 342 g/mol. The SMILES string of the molecule is CCc1cc2c(=O)n(CCC(=O)O)c(-c3cccc(C)c3)nc2s1. The van der Waals surface area contributed by atoms with Crippen LogP contribution in [0, 0.1) is 6.92 Å². The van der Waals surface area contributed by atoms with Crippen LogP contribution in [-0.4, -0.2) is 20.6 Å². The number of hydrogen-bond acceptors (Lipinski definition) is 4. The fraction of sp³-hybridized carbons (Fsp3) is 0.278. The molecule has 2 aromatic heterocycles. The molecule has 2 heterocycles. The third-order valence-electron chi connectivity index (χ3n) is 3.88. The van der Waals surface area contributed by atoms with E-state index in [4.69, 9.17) is 5.11 Å². The lowest BCUT2D eigenvalue weighted by Gasteiger charge is -2.12. The molecule has 0 bridgehead atoms.